The lowest BCUT2D eigenvalue weighted by Crippen LogP contribution is -2.41. The van der Waals surface area contributed by atoms with Crippen molar-refractivity contribution in [2.45, 2.75) is 19.0 Å². The van der Waals surface area contributed by atoms with Gasteiger partial charge in [0.1, 0.15) is 0 Å². The van der Waals surface area contributed by atoms with Gasteiger partial charge in [0.25, 0.3) is 0 Å². The molecule has 1 aliphatic heterocycles. The lowest BCUT2D eigenvalue weighted by atomic mass is 10.3. The molecule has 1 saturated heterocycles. The summed E-state index contributed by atoms with van der Waals surface area (Å²) in [6.45, 7) is 0.959. The minimum Gasteiger partial charge on any atom is -0.315 e. The Labute approximate surface area is 43.2 Å². The van der Waals surface area contributed by atoms with Gasteiger partial charge in [0.2, 0.25) is 0 Å². The van der Waals surface area contributed by atoms with Gasteiger partial charge in [0.05, 0.1) is 6.17 Å². The van der Waals surface area contributed by atoms with Crippen LogP contribution in [-0.2, 0) is 0 Å². The molecule has 4 N–H and O–H groups in total. The van der Waals surface area contributed by atoms with Crippen LogP contribution in [0.3, 0.4) is 0 Å². The fourth-order valence-electron chi connectivity index (χ4n) is 0.815. The molecule has 1 rings (SSSR count). The molecule has 0 amide bonds. The van der Waals surface area contributed by atoms with Crippen molar-refractivity contribution >= 4 is 0 Å². The highest BCUT2D eigenvalue weighted by Crippen LogP contribution is 2.06. The predicted molar refractivity (Wildman–Crippen MR) is 28.1 cm³/mol. The number of nitrogens with two attached hydrogens (primary N) is 2. The van der Waals surface area contributed by atoms with Crippen molar-refractivity contribution in [3.8, 4) is 0 Å². The first kappa shape index (κ1) is 5.03. The fourth-order valence-corrected chi connectivity index (χ4v) is 0.815. The Hall–Kier alpha value is -0.120. The van der Waals surface area contributed by atoms with Crippen LogP contribution < -0.4 is 11.6 Å². The van der Waals surface area contributed by atoms with Crippen LogP contribution in [0, 0.1) is 0 Å². The molecule has 3 nitrogen and oxygen atoms in total. The predicted octanol–water partition coefficient (Wildman–Crippen LogP) is -0.759. The summed E-state index contributed by atoms with van der Waals surface area (Å²) in [6.07, 6.45) is 2.33. The molecule has 1 atom stereocenters. The average molecular weight is 101 g/mol. The van der Waals surface area contributed by atoms with E-state index in [2.05, 4.69) is 0 Å². The van der Waals surface area contributed by atoms with Crippen LogP contribution in [-0.4, -0.2) is 17.7 Å². The second-order valence-electron chi connectivity index (χ2n) is 1.95. The summed E-state index contributed by atoms with van der Waals surface area (Å²) in [4.78, 5) is 0. The van der Waals surface area contributed by atoms with Crippen LogP contribution in [0.4, 0.5) is 0 Å². The van der Waals surface area contributed by atoms with Crippen molar-refractivity contribution in [3.63, 3.8) is 0 Å². The van der Waals surface area contributed by atoms with Crippen molar-refractivity contribution < 1.29 is 0 Å². The summed E-state index contributed by atoms with van der Waals surface area (Å²) in [5.41, 5.74) is 5.48. The summed E-state index contributed by atoms with van der Waals surface area (Å²) in [7, 11) is 0. The van der Waals surface area contributed by atoms with Crippen molar-refractivity contribution in [2.75, 3.05) is 6.54 Å². The molecule has 3 heteroatoms. The summed E-state index contributed by atoms with van der Waals surface area (Å²) in [5.74, 6) is 5.39. The van der Waals surface area contributed by atoms with Crippen LogP contribution in [0.2, 0.25) is 0 Å². The lowest BCUT2D eigenvalue weighted by molar-refractivity contribution is 0.268. The third-order valence-corrected chi connectivity index (χ3v) is 1.34. The number of rotatable bonds is 0. The standard InChI is InChI=1S/C4H11N3/c5-4-2-1-3-7(4)6/h4H,1-3,5-6H2. The van der Waals surface area contributed by atoms with Crippen LogP contribution in [0.5, 0.6) is 0 Å². The SMILES string of the molecule is NC1CCCN1N. The van der Waals surface area contributed by atoms with Crippen molar-refractivity contribution in [1.82, 2.24) is 5.01 Å². The van der Waals surface area contributed by atoms with Gasteiger partial charge in [-0.15, -0.1) is 0 Å². The molecule has 1 heterocycles. The quantitative estimate of drug-likeness (QED) is 0.394. The molecule has 1 aliphatic rings. The summed E-state index contributed by atoms with van der Waals surface area (Å²) in [6, 6.07) is 0. The maximum absolute atomic E-state index is 5.48. The molecule has 1 unspecified atom stereocenters. The monoisotopic (exact) mass is 101 g/mol. The smallest absolute Gasteiger partial charge is 0.0705 e. The third kappa shape index (κ3) is 0.907. The minimum atomic E-state index is 0.125. The van der Waals surface area contributed by atoms with E-state index in [1.54, 1.807) is 5.01 Å². The van der Waals surface area contributed by atoms with E-state index in [0.29, 0.717) is 0 Å². The van der Waals surface area contributed by atoms with Gasteiger partial charge in [0, 0.05) is 6.54 Å². The molecule has 0 radical (unpaired) electrons. The Morgan fingerprint density at radius 2 is 2.29 bits per heavy atom. The zero-order chi connectivity index (χ0) is 5.28. The van der Waals surface area contributed by atoms with Crippen molar-refractivity contribution in [2.24, 2.45) is 11.6 Å². The molecule has 0 spiro atoms. The van der Waals surface area contributed by atoms with E-state index in [0.717, 1.165) is 19.4 Å². The highest BCUT2D eigenvalue weighted by Gasteiger charge is 2.15. The summed E-state index contributed by atoms with van der Waals surface area (Å²) in [5, 5.41) is 1.68. The Morgan fingerprint density at radius 1 is 1.57 bits per heavy atom. The Kier molecular flexibility index (Phi) is 1.27. The second kappa shape index (κ2) is 1.78. The molecule has 0 aromatic carbocycles. The summed E-state index contributed by atoms with van der Waals surface area (Å²) < 4.78 is 0. The molecule has 0 bridgehead atoms. The zero-order valence-electron chi connectivity index (χ0n) is 4.30. The van der Waals surface area contributed by atoms with Crippen molar-refractivity contribution in [1.29, 1.82) is 0 Å². The van der Waals surface area contributed by atoms with Gasteiger partial charge >= 0.3 is 0 Å². The molecule has 0 saturated carbocycles. The summed E-state index contributed by atoms with van der Waals surface area (Å²) >= 11 is 0. The van der Waals surface area contributed by atoms with E-state index in [1.165, 1.54) is 0 Å². The molecular weight excluding hydrogens is 90.1 g/mol. The van der Waals surface area contributed by atoms with Crippen LogP contribution in [0.25, 0.3) is 0 Å². The van der Waals surface area contributed by atoms with E-state index < -0.39 is 0 Å². The van der Waals surface area contributed by atoms with Crippen molar-refractivity contribution in [3.05, 3.63) is 0 Å². The highest BCUT2D eigenvalue weighted by molar-refractivity contribution is 4.67. The first-order valence-electron chi connectivity index (χ1n) is 2.57. The van der Waals surface area contributed by atoms with Gasteiger partial charge < -0.3 is 5.73 Å². The topological polar surface area (TPSA) is 55.3 Å². The first-order valence-corrected chi connectivity index (χ1v) is 2.57. The van der Waals surface area contributed by atoms with E-state index in [1.807, 2.05) is 0 Å². The van der Waals surface area contributed by atoms with E-state index >= 15 is 0 Å². The molecule has 42 valence electrons. The van der Waals surface area contributed by atoms with Crippen LogP contribution in [0.1, 0.15) is 12.8 Å². The molecule has 0 aromatic rings. The molecule has 0 aromatic heterocycles. The Bertz CT molecular complexity index is 56.0. The maximum Gasteiger partial charge on any atom is 0.0705 e. The average Bonchev–Trinajstić information content (AvgIpc) is 1.91. The van der Waals surface area contributed by atoms with E-state index in [-0.39, 0.29) is 6.17 Å². The molecule has 0 aliphatic carbocycles. The number of hydrogen-bond acceptors (Lipinski definition) is 3. The van der Waals surface area contributed by atoms with Crippen LogP contribution in [0.15, 0.2) is 0 Å². The lowest BCUT2D eigenvalue weighted by Gasteiger charge is -2.11. The number of nitrogens with zero attached hydrogens (tertiary/aromatic N) is 1. The second-order valence-corrected chi connectivity index (χ2v) is 1.95. The highest BCUT2D eigenvalue weighted by atomic mass is 15.5. The largest absolute Gasteiger partial charge is 0.315 e. The number of hydrazine groups is 1. The van der Waals surface area contributed by atoms with Gasteiger partial charge in [-0.1, -0.05) is 0 Å². The molecular formula is C4H11N3. The number of hydrogen-bond donors (Lipinski definition) is 2. The Morgan fingerprint density at radius 3 is 2.43 bits per heavy atom. The van der Waals surface area contributed by atoms with Gasteiger partial charge in [0.15, 0.2) is 0 Å². The van der Waals surface area contributed by atoms with Gasteiger partial charge in [-0.05, 0) is 12.8 Å². The van der Waals surface area contributed by atoms with Gasteiger partial charge in [-0.25, -0.2) is 5.01 Å². The normalized spacial score (nSPS) is 34.3. The molecule has 7 heavy (non-hydrogen) atoms. The Balaban J connectivity index is 2.33. The van der Waals surface area contributed by atoms with Gasteiger partial charge in [-0.3, -0.25) is 5.84 Å². The first-order chi connectivity index (χ1) is 3.30. The van der Waals surface area contributed by atoms with Gasteiger partial charge in [-0.2, -0.15) is 0 Å². The fraction of sp³-hybridized carbons (Fsp3) is 1.00. The maximum atomic E-state index is 5.48. The van der Waals surface area contributed by atoms with Crippen LogP contribution >= 0.6 is 0 Å². The molecule has 1 fully saturated rings. The third-order valence-electron chi connectivity index (χ3n) is 1.34. The minimum absolute atomic E-state index is 0.125. The zero-order valence-corrected chi connectivity index (χ0v) is 4.30. The van der Waals surface area contributed by atoms with E-state index in [4.69, 9.17) is 11.6 Å². The van der Waals surface area contributed by atoms with E-state index in [9.17, 15) is 0 Å².